The standard InChI is InChI=1S/C17H25ClO2/c1-6-14-17(20-14)11(4)8-13-12(5)16(18)10(3)9-15(13)19-7-2/h9,11,14,17H,6-8H2,1-5H3. The van der Waals surface area contributed by atoms with Gasteiger partial charge in [0.1, 0.15) is 5.75 Å². The molecule has 3 unspecified atom stereocenters. The van der Waals surface area contributed by atoms with E-state index < -0.39 is 0 Å². The van der Waals surface area contributed by atoms with Gasteiger partial charge in [-0.25, -0.2) is 0 Å². The molecule has 1 aromatic rings. The minimum absolute atomic E-state index is 0.397. The molecule has 1 fully saturated rings. The van der Waals surface area contributed by atoms with Gasteiger partial charge in [0.2, 0.25) is 0 Å². The Bertz CT molecular complexity index is 484. The van der Waals surface area contributed by atoms with Crippen LogP contribution in [0.15, 0.2) is 6.07 Å². The Kier molecular flexibility index (Phi) is 4.98. The summed E-state index contributed by atoms with van der Waals surface area (Å²) in [7, 11) is 0. The zero-order valence-corrected chi connectivity index (χ0v) is 13.9. The van der Waals surface area contributed by atoms with E-state index in [2.05, 4.69) is 26.8 Å². The SMILES string of the molecule is CCOc1cc(C)c(Cl)c(C)c1CC(C)C1OC1CC. The summed E-state index contributed by atoms with van der Waals surface area (Å²) in [6.45, 7) is 11.2. The second kappa shape index (κ2) is 6.36. The summed E-state index contributed by atoms with van der Waals surface area (Å²) < 4.78 is 11.5. The normalized spacial score (nSPS) is 22.7. The second-order valence-electron chi connectivity index (χ2n) is 5.77. The van der Waals surface area contributed by atoms with Gasteiger partial charge in [-0.15, -0.1) is 0 Å². The van der Waals surface area contributed by atoms with Crippen LogP contribution in [0.2, 0.25) is 5.02 Å². The molecule has 20 heavy (non-hydrogen) atoms. The Morgan fingerprint density at radius 3 is 2.60 bits per heavy atom. The zero-order valence-electron chi connectivity index (χ0n) is 13.1. The minimum Gasteiger partial charge on any atom is -0.494 e. The average Bonchev–Trinajstić information content (AvgIpc) is 3.20. The number of rotatable bonds is 6. The van der Waals surface area contributed by atoms with E-state index in [1.54, 1.807) is 0 Å². The molecule has 112 valence electrons. The van der Waals surface area contributed by atoms with E-state index in [-0.39, 0.29) is 0 Å². The van der Waals surface area contributed by atoms with Crippen LogP contribution >= 0.6 is 11.6 Å². The van der Waals surface area contributed by atoms with Crippen LogP contribution in [-0.4, -0.2) is 18.8 Å². The maximum Gasteiger partial charge on any atom is 0.123 e. The van der Waals surface area contributed by atoms with Crippen molar-refractivity contribution in [1.82, 2.24) is 0 Å². The van der Waals surface area contributed by atoms with Crippen LogP contribution in [0.4, 0.5) is 0 Å². The van der Waals surface area contributed by atoms with Crippen molar-refractivity contribution in [2.24, 2.45) is 5.92 Å². The second-order valence-corrected chi connectivity index (χ2v) is 6.15. The van der Waals surface area contributed by atoms with Crippen molar-refractivity contribution in [3.8, 4) is 5.75 Å². The van der Waals surface area contributed by atoms with Crippen LogP contribution in [0.1, 0.15) is 43.9 Å². The highest BCUT2D eigenvalue weighted by molar-refractivity contribution is 6.32. The van der Waals surface area contributed by atoms with Crippen molar-refractivity contribution in [3.63, 3.8) is 0 Å². The number of halogens is 1. The van der Waals surface area contributed by atoms with E-state index in [0.29, 0.717) is 24.7 Å². The first-order valence-corrected chi connectivity index (χ1v) is 7.94. The topological polar surface area (TPSA) is 21.8 Å². The number of epoxide rings is 1. The molecule has 0 aliphatic carbocycles. The van der Waals surface area contributed by atoms with Gasteiger partial charge in [0.05, 0.1) is 18.8 Å². The van der Waals surface area contributed by atoms with Crippen LogP contribution in [0.3, 0.4) is 0 Å². The molecule has 2 nitrogen and oxygen atoms in total. The molecule has 1 heterocycles. The molecule has 2 rings (SSSR count). The molecule has 0 amide bonds. The Morgan fingerprint density at radius 2 is 2.05 bits per heavy atom. The third kappa shape index (κ3) is 3.12. The summed E-state index contributed by atoms with van der Waals surface area (Å²) >= 11 is 6.40. The fourth-order valence-corrected chi connectivity index (χ4v) is 3.09. The number of benzene rings is 1. The van der Waals surface area contributed by atoms with Crippen LogP contribution in [-0.2, 0) is 11.2 Å². The summed E-state index contributed by atoms with van der Waals surface area (Å²) in [6, 6.07) is 2.06. The Balaban J connectivity index is 2.23. The van der Waals surface area contributed by atoms with Gasteiger partial charge in [-0.3, -0.25) is 0 Å². The van der Waals surface area contributed by atoms with Crippen molar-refractivity contribution in [2.45, 2.75) is 59.7 Å². The molecular weight excluding hydrogens is 272 g/mol. The van der Waals surface area contributed by atoms with Gasteiger partial charge in [0, 0.05) is 5.02 Å². The van der Waals surface area contributed by atoms with Crippen LogP contribution in [0, 0.1) is 19.8 Å². The number of hydrogen-bond donors (Lipinski definition) is 0. The highest BCUT2D eigenvalue weighted by Gasteiger charge is 2.41. The molecule has 0 saturated carbocycles. The van der Waals surface area contributed by atoms with Gasteiger partial charge in [-0.2, -0.15) is 0 Å². The summed E-state index contributed by atoms with van der Waals surface area (Å²) in [4.78, 5) is 0. The van der Waals surface area contributed by atoms with Crippen LogP contribution < -0.4 is 4.74 Å². The molecule has 0 aromatic heterocycles. The van der Waals surface area contributed by atoms with Crippen LogP contribution in [0.5, 0.6) is 5.75 Å². The Labute approximate surface area is 127 Å². The van der Waals surface area contributed by atoms with E-state index in [9.17, 15) is 0 Å². The van der Waals surface area contributed by atoms with Crippen molar-refractivity contribution in [1.29, 1.82) is 0 Å². The van der Waals surface area contributed by atoms with Gasteiger partial charge in [-0.05, 0) is 62.3 Å². The summed E-state index contributed by atoms with van der Waals surface area (Å²) in [5.41, 5.74) is 3.47. The Morgan fingerprint density at radius 1 is 1.35 bits per heavy atom. The van der Waals surface area contributed by atoms with Gasteiger partial charge >= 0.3 is 0 Å². The molecule has 3 heteroatoms. The van der Waals surface area contributed by atoms with E-state index >= 15 is 0 Å². The quantitative estimate of drug-likeness (QED) is 0.709. The fraction of sp³-hybridized carbons (Fsp3) is 0.647. The highest BCUT2D eigenvalue weighted by atomic mass is 35.5. The molecular formula is C17H25ClO2. The van der Waals surface area contributed by atoms with Gasteiger partial charge in [0.25, 0.3) is 0 Å². The zero-order chi connectivity index (χ0) is 14.9. The molecule has 3 atom stereocenters. The van der Waals surface area contributed by atoms with E-state index in [1.807, 2.05) is 13.8 Å². The molecule has 0 bridgehead atoms. The summed E-state index contributed by atoms with van der Waals surface area (Å²) in [5, 5.41) is 0.861. The predicted octanol–water partition coefficient (Wildman–Crippen LogP) is 4.71. The van der Waals surface area contributed by atoms with Crippen molar-refractivity contribution in [2.75, 3.05) is 6.61 Å². The van der Waals surface area contributed by atoms with E-state index in [4.69, 9.17) is 21.1 Å². The van der Waals surface area contributed by atoms with E-state index in [0.717, 1.165) is 34.7 Å². The summed E-state index contributed by atoms with van der Waals surface area (Å²) in [5.74, 6) is 1.48. The van der Waals surface area contributed by atoms with Gasteiger partial charge < -0.3 is 9.47 Å². The van der Waals surface area contributed by atoms with E-state index in [1.165, 1.54) is 5.56 Å². The van der Waals surface area contributed by atoms with Crippen molar-refractivity contribution in [3.05, 3.63) is 27.8 Å². The predicted molar refractivity (Wildman–Crippen MR) is 83.9 cm³/mol. The number of ether oxygens (including phenoxy) is 2. The lowest BCUT2D eigenvalue weighted by molar-refractivity contribution is 0.313. The highest BCUT2D eigenvalue weighted by Crippen LogP contribution is 2.38. The maximum atomic E-state index is 6.40. The molecule has 1 saturated heterocycles. The van der Waals surface area contributed by atoms with Gasteiger partial charge in [0.15, 0.2) is 0 Å². The number of hydrogen-bond acceptors (Lipinski definition) is 2. The largest absolute Gasteiger partial charge is 0.494 e. The molecule has 0 spiro atoms. The average molecular weight is 297 g/mol. The lowest BCUT2D eigenvalue weighted by Gasteiger charge is -2.18. The third-order valence-corrected chi connectivity index (χ3v) is 4.77. The lowest BCUT2D eigenvalue weighted by Crippen LogP contribution is -2.12. The van der Waals surface area contributed by atoms with Crippen LogP contribution in [0.25, 0.3) is 0 Å². The van der Waals surface area contributed by atoms with Gasteiger partial charge in [-0.1, -0.05) is 25.4 Å². The van der Waals surface area contributed by atoms with Crippen molar-refractivity contribution < 1.29 is 9.47 Å². The third-order valence-electron chi connectivity index (χ3n) is 4.18. The first-order chi connectivity index (χ1) is 9.49. The minimum atomic E-state index is 0.397. The Hall–Kier alpha value is -0.730. The molecule has 0 N–H and O–H groups in total. The van der Waals surface area contributed by atoms with Crippen molar-refractivity contribution >= 4 is 11.6 Å². The monoisotopic (exact) mass is 296 g/mol. The number of aryl methyl sites for hydroxylation is 1. The summed E-state index contributed by atoms with van der Waals surface area (Å²) in [6.07, 6.45) is 2.90. The molecule has 1 aliphatic heterocycles. The fourth-order valence-electron chi connectivity index (χ4n) is 2.92. The smallest absolute Gasteiger partial charge is 0.123 e. The molecule has 1 aliphatic rings. The lowest BCUT2D eigenvalue weighted by atomic mass is 9.91. The first kappa shape index (κ1) is 15.7. The maximum absolute atomic E-state index is 6.40. The molecule has 0 radical (unpaired) electrons. The molecule has 1 aromatic carbocycles. The first-order valence-electron chi connectivity index (χ1n) is 7.56.